The van der Waals surface area contributed by atoms with Gasteiger partial charge in [-0.3, -0.25) is 0 Å². The van der Waals surface area contributed by atoms with Gasteiger partial charge in [-0.15, -0.1) is 0 Å². The quantitative estimate of drug-likeness (QED) is 0.750. The van der Waals surface area contributed by atoms with E-state index in [0.717, 1.165) is 6.42 Å². The fourth-order valence-electron chi connectivity index (χ4n) is 2.23. The van der Waals surface area contributed by atoms with E-state index < -0.39 is 12.1 Å². The second-order valence-electron chi connectivity index (χ2n) is 5.01. The third-order valence-electron chi connectivity index (χ3n) is 3.45. The summed E-state index contributed by atoms with van der Waals surface area (Å²) < 4.78 is 5.50. The zero-order valence-corrected chi connectivity index (χ0v) is 11.5. The lowest BCUT2D eigenvalue weighted by Gasteiger charge is -2.15. The zero-order chi connectivity index (χ0) is 14.7. The van der Waals surface area contributed by atoms with Crippen molar-refractivity contribution in [3.05, 3.63) is 60.1 Å². The van der Waals surface area contributed by atoms with Crippen LogP contribution in [0.15, 0.2) is 53.1 Å². The summed E-state index contributed by atoms with van der Waals surface area (Å²) in [6, 6.07) is 13.1. The van der Waals surface area contributed by atoms with Crippen molar-refractivity contribution in [2.45, 2.75) is 25.0 Å². The Balaban J connectivity index is 1.67. The van der Waals surface area contributed by atoms with Crippen LogP contribution < -0.4 is 5.73 Å². The van der Waals surface area contributed by atoms with Crippen LogP contribution in [-0.2, 0) is 6.42 Å². The van der Waals surface area contributed by atoms with Crippen LogP contribution in [0.2, 0.25) is 0 Å². The first kappa shape index (κ1) is 13.7. The molecule has 0 aliphatic carbocycles. The van der Waals surface area contributed by atoms with Crippen LogP contribution in [0.25, 0.3) is 11.2 Å². The molecule has 5 heteroatoms. The normalized spacial score (nSPS) is 14.2. The monoisotopic (exact) mass is 283 g/mol. The first-order valence-electron chi connectivity index (χ1n) is 6.93. The molecule has 0 saturated heterocycles. The second kappa shape index (κ2) is 6.03. The van der Waals surface area contributed by atoms with Crippen LogP contribution in [0.3, 0.4) is 0 Å². The lowest BCUT2D eigenvalue weighted by molar-refractivity contribution is 0.114. The molecular weight excluding hydrogens is 266 g/mol. The largest absolute Gasteiger partial charge is 0.436 e. The van der Waals surface area contributed by atoms with Crippen molar-refractivity contribution in [2.24, 2.45) is 5.73 Å². The predicted octanol–water partition coefficient (Wildman–Crippen LogP) is 2.22. The van der Waals surface area contributed by atoms with Crippen molar-refractivity contribution >= 4 is 11.2 Å². The minimum absolute atomic E-state index is 0.226. The summed E-state index contributed by atoms with van der Waals surface area (Å²) in [6.45, 7) is 0. The van der Waals surface area contributed by atoms with Crippen molar-refractivity contribution in [1.29, 1.82) is 0 Å². The number of aromatic nitrogens is 2. The van der Waals surface area contributed by atoms with E-state index in [1.165, 1.54) is 5.56 Å². The summed E-state index contributed by atoms with van der Waals surface area (Å²) in [5, 5.41) is 10.3. The highest BCUT2D eigenvalue weighted by Gasteiger charge is 2.22. The summed E-state index contributed by atoms with van der Waals surface area (Å²) in [5.41, 5.74) is 8.29. The van der Waals surface area contributed by atoms with Crippen molar-refractivity contribution in [3.63, 3.8) is 0 Å². The first-order chi connectivity index (χ1) is 10.2. The molecular formula is C16H17N3O2. The van der Waals surface area contributed by atoms with Crippen molar-refractivity contribution in [2.75, 3.05) is 0 Å². The fraction of sp³-hybridized carbons (Fsp3) is 0.250. The Hall–Kier alpha value is -2.24. The third kappa shape index (κ3) is 3.09. The van der Waals surface area contributed by atoms with Gasteiger partial charge in [0, 0.05) is 12.2 Å². The predicted molar refractivity (Wildman–Crippen MR) is 79.5 cm³/mol. The van der Waals surface area contributed by atoms with Crippen LogP contribution in [0.4, 0.5) is 0 Å². The van der Waals surface area contributed by atoms with Crippen LogP contribution in [0, 0.1) is 0 Å². The molecule has 1 unspecified atom stereocenters. The Morgan fingerprint density at radius 3 is 2.71 bits per heavy atom. The molecule has 0 amide bonds. The number of aryl methyl sites for hydroxylation is 1. The molecule has 0 spiro atoms. The van der Waals surface area contributed by atoms with E-state index in [9.17, 15) is 5.11 Å². The number of hydrogen-bond acceptors (Lipinski definition) is 5. The van der Waals surface area contributed by atoms with E-state index >= 15 is 0 Å². The highest BCUT2D eigenvalue weighted by atomic mass is 16.4. The minimum Gasteiger partial charge on any atom is -0.436 e. The summed E-state index contributed by atoms with van der Waals surface area (Å²) in [7, 11) is 0. The molecule has 108 valence electrons. The lowest BCUT2D eigenvalue weighted by atomic mass is 10.0. The number of aliphatic hydroxyl groups excluding tert-OH is 1. The summed E-state index contributed by atoms with van der Waals surface area (Å²) in [6.07, 6.45) is 2.16. The average molecular weight is 283 g/mol. The van der Waals surface area contributed by atoms with Crippen molar-refractivity contribution < 1.29 is 9.52 Å². The van der Waals surface area contributed by atoms with Gasteiger partial charge in [-0.25, -0.2) is 4.98 Å². The molecule has 2 atom stereocenters. The van der Waals surface area contributed by atoms with Crippen molar-refractivity contribution in [1.82, 2.24) is 9.97 Å². The van der Waals surface area contributed by atoms with E-state index in [1.54, 1.807) is 18.3 Å². The average Bonchev–Trinajstić information content (AvgIpc) is 2.97. The van der Waals surface area contributed by atoms with Gasteiger partial charge in [-0.05, 0) is 30.5 Å². The number of nitrogens with zero attached hydrogens (tertiary/aromatic N) is 2. The van der Waals surface area contributed by atoms with E-state index in [-0.39, 0.29) is 5.89 Å². The topological polar surface area (TPSA) is 85.2 Å². The standard InChI is InChI=1S/C16H17N3O2/c17-12(9-8-11-5-2-1-3-6-11)14(20)16-19-15-13(21-16)7-4-10-18-15/h1-7,10,12,14,20H,8-9,17H2/t12-,14?/m1/s1. The van der Waals surface area contributed by atoms with Gasteiger partial charge < -0.3 is 15.3 Å². The van der Waals surface area contributed by atoms with Gasteiger partial charge in [0.1, 0.15) is 6.10 Å². The van der Waals surface area contributed by atoms with E-state index in [0.29, 0.717) is 17.7 Å². The van der Waals surface area contributed by atoms with Gasteiger partial charge in [-0.1, -0.05) is 30.3 Å². The maximum Gasteiger partial charge on any atom is 0.227 e. The highest BCUT2D eigenvalue weighted by Crippen LogP contribution is 2.22. The minimum atomic E-state index is -0.928. The molecule has 1 aromatic carbocycles. The van der Waals surface area contributed by atoms with Crippen LogP contribution in [0.1, 0.15) is 24.0 Å². The number of nitrogens with two attached hydrogens (primary N) is 1. The molecule has 0 aliphatic heterocycles. The Labute approximate surface area is 122 Å². The van der Waals surface area contributed by atoms with Gasteiger partial charge in [0.25, 0.3) is 0 Å². The Morgan fingerprint density at radius 2 is 1.95 bits per heavy atom. The van der Waals surface area contributed by atoms with Gasteiger partial charge >= 0.3 is 0 Å². The Bertz CT molecular complexity index is 679. The molecule has 0 aliphatic rings. The van der Waals surface area contributed by atoms with Crippen molar-refractivity contribution in [3.8, 4) is 0 Å². The van der Waals surface area contributed by atoms with Gasteiger partial charge in [0.15, 0.2) is 11.2 Å². The SMILES string of the molecule is N[C@H](CCc1ccccc1)C(O)c1nc2ncccc2o1. The maximum atomic E-state index is 10.3. The number of benzene rings is 1. The van der Waals surface area contributed by atoms with Gasteiger partial charge in [0.2, 0.25) is 5.89 Å². The molecule has 2 aromatic heterocycles. The Morgan fingerprint density at radius 1 is 1.14 bits per heavy atom. The maximum absolute atomic E-state index is 10.3. The molecule has 0 bridgehead atoms. The molecule has 2 heterocycles. The summed E-state index contributed by atoms with van der Waals surface area (Å²) >= 11 is 0. The van der Waals surface area contributed by atoms with Gasteiger partial charge in [0.05, 0.1) is 0 Å². The number of rotatable bonds is 5. The fourth-order valence-corrected chi connectivity index (χ4v) is 2.23. The lowest BCUT2D eigenvalue weighted by Crippen LogP contribution is -2.29. The molecule has 21 heavy (non-hydrogen) atoms. The molecule has 5 nitrogen and oxygen atoms in total. The number of fused-ring (bicyclic) bond motifs is 1. The number of oxazole rings is 1. The Kier molecular flexibility index (Phi) is 3.94. The summed E-state index contributed by atoms with van der Waals surface area (Å²) in [4.78, 5) is 8.26. The zero-order valence-electron chi connectivity index (χ0n) is 11.5. The molecule has 3 aromatic rings. The first-order valence-corrected chi connectivity index (χ1v) is 6.93. The van der Waals surface area contributed by atoms with E-state index in [1.807, 2.05) is 30.3 Å². The number of aliphatic hydroxyl groups is 1. The van der Waals surface area contributed by atoms with E-state index in [2.05, 4.69) is 9.97 Å². The third-order valence-corrected chi connectivity index (χ3v) is 3.45. The molecule has 3 rings (SSSR count). The molecule has 0 fully saturated rings. The smallest absolute Gasteiger partial charge is 0.227 e. The van der Waals surface area contributed by atoms with Crippen LogP contribution in [0.5, 0.6) is 0 Å². The van der Waals surface area contributed by atoms with E-state index in [4.69, 9.17) is 10.2 Å². The summed E-state index contributed by atoms with van der Waals surface area (Å²) in [5.74, 6) is 0.226. The van der Waals surface area contributed by atoms with Crippen LogP contribution in [-0.4, -0.2) is 21.1 Å². The molecule has 0 saturated carbocycles. The molecule has 3 N–H and O–H groups in total. The number of pyridine rings is 1. The highest BCUT2D eigenvalue weighted by molar-refractivity contribution is 5.66. The number of hydrogen-bond donors (Lipinski definition) is 2. The van der Waals surface area contributed by atoms with Gasteiger partial charge in [-0.2, -0.15) is 4.98 Å². The second-order valence-corrected chi connectivity index (χ2v) is 5.01. The van der Waals surface area contributed by atoms with Crippen LogP contribution >= 0.6 is 0 Å². The molecule has 0 radical (unpaired) electrons.